The Morgan fingerprint density at radius 3 is 2.12 bits per heavy atom. The molecule has 1 aliphatic heterocycles. The van der Waals surface area contributed by atoms with Crippen molar-refractivity contribution in [1.82, 2.24) is 4.90 Å². The number of hydrogen-bond donors (Lipinski definition) is 0. The number of nitrogens with zero attached hydrogens (tertiary/aromatic N) is 2. The van der Waals surface area contributed by atoms with Crippen LogP contribution in [0.4, 0.5) is 18.9 Å². The molecule has 0 radical (unpaired) electrons. The molecule has 0 spiro atoms. The van der Waals surface area contributed by atoms with Crippen LogP contribution in [0.25, 0.3) is 0 Å². The van der Waals surface area contributed by atoms with Crippen LogP contribution in [0, 0.1) is 0 Å². The van der Waals surface area contributed by atoms with Crippen LogP contribution >= 0.6 is 0 Å². The van der Waals surface area contributed by atoms with Gasteiger partial charge in [0.25, 0.3) is 5.91 Å². The van der Waals surface area contributed by atoms with E-state index in [0.29, 0.717) is 44.0 Å². The fourth-order valence-corrected chi connectivity index (χ4v) is 3.77. The van der Waals surface area contributed by atoms with E-state index in [1.807, 2.05) is 36.1 Å². The first kappa shape index (κ1) is 24.0. The lowest BCUT2D eigenvalue weighted by Gasteiger charge is -2.37. The monoisotopic (exact) mass is 448 g/mol. The summed E-state index contributed by atoms with van der Waals surface area (Å²) in [6, 6.07) is 13.1. The first-order valence-electron chi connectivity index (χ1n) is 11.0. The smallest absolute Gasteiger partial charge is 0.416 e. The zero-order valence-electron chi connectivity index (χ0n) is 19.1. The van der Waals surface area contributed by atoms with E-state index in [-0.39, 0.29) is 11.3 Å². The topological polar surface area (TPSA) is 32.8 Å². The van der Waals surface area contributed by atoms with E-state index in [1.54, 1.807) is 11.0 Å². The average Bonchev–Trinajstić information content (AvgIpc) is 2.76. The summed E-state index contributed by atoms with van der Waals surface area (Å²) in [5.74, 6) is 0.567. The van der Waals surface area contributed by atoms with E-state index in [4.69, 9.17) is 4.74 Å². The van der Waals surface area contributed by atoms with E-state index in [0.717, 1.165) is 12.1 Å². The highest BCUT2D eigenvalue weighted by molar-refractivity contribution is 5.81. The molecule has 1 amide bonds. The number of alkyl halides is 3. The Labute approximate surface area is 188 Å². The molecular formula is C25H31F3N2O2. The van der Waals surface area contributed by atoms with Crippen molar-refractivity contribution in [2.75, 3.05) is 31.1 Å². The molecule has 7 heteroatoms. The van der Waals surface area contributed by atoms with Crippen molar-refractivity contribution in [3.63, 3.8) is 0 Å². The molecule has 0 aliphatic carbocycles. The molecule has 2 aromatic rings. The molecule has 0 aromatic heterocycles. The summed E-state index contributed by atoms with van der Waals surface area (Å²) in [5.41, 5.74) is 1.09. The molecule has 32 heavy (non-hydrogen) atoms. The largest absolute Gasteiger partial charge is 0.481 e. The van der Waals surface area contributed by atoms with Gasteiger partial charge in [-0.1, -0.05) is 45.9 Å². The zero-order chi connectivity index (χ0) is 23.5. The van der Waals surface area contributed by atoms with Gasteiger partial charge in [0.15, 0.2) is 6.10 Å². The molecule has 1 fully saturated rings. The lowest BCUT2D eigenvalue weighted by Crippen LogP contribution is -2.52. The summed E-state index contributed by atoms with van der Waals surface area (Å²) in [6.07, 6.45) is -4.42. The maximum absolute atomic E-state index is 13.0. The van der Waals surface area contributed by atoms with Crippen LogP contribution in [-0.2, 0) is 16.4 Å². The van der Waals surface area contributed by atoms with Gasteiger partial charge in [0.05, 0.1) is 5.56 Å². The van der Waals surface area contributed by atoms with Crippen molar-refractivity contribution in [3.05, 3.63) is 59.7 Å². The summed E-state index contributed by atoms with van der Waals surface area (Å²) < 4.78 is 45.0. The van der Waals surface area contributed by atoms with E-state index < -0.39 is 17.8 Å². The molecule has 1 unspecified atom stereocenters. The van der Waals surface area contributed by atoms with Crippen LogP contribution < -0.4 is 9.64 Å². The van der Waals surface area contributed by atoms with Gasteiger partial charge < -0.3 is 14.5 Å². The predicted molar refractivity (Wildman–Crippen MR) is 120 cm³/mol. The quantitative estimate of drug-likeness (QED) is 0.605. The Morgan fingerprint density at radius 2 is 1.59 bits per heavy atom. The summed E-state index contributed by atoms with van der Waals surface area (Å²) in [5, 5.41) is 0. The number of carbonyl (C=O) groups is 1. The number of anilines is 1. The van der Waals surface area contributed by atoms with Gasteiger partial charge in [0.1, 0.15) is 5.75 Å². The van der Waals surface area contributed by atoms with Gasteiger partial charge in [-0.05, 0) is 47.7 Å². The molecule has 0 saturated carbocycles. The second kappa shape index (κ2) is 9.43. The van der Waals surface area contributed by atoms with Crippen LogP contribution in [0.15, 0.2) is 48.5 Å². The van der Waals surface area contributed by atoms with Gasteiger partial charge in [-0.15, -0.1) is 0 Å². The molecule has 3 rings (SSSR count). The normalized spacial score (nSPS) is 16.1. The molecule has 4 nitrogen and oxygen atoms in total. The number of carbonyl (C=O) groups excluding carboxylic acids is 1. The van der Waals surface area contributed by atoms with Crippen molar-refractivity contribution in [2.24, 2.45) is 0 Å². The molecule has 1 aliphatic rings. The predicted octanol–water partition coefficient (Wildman–Crippen LogP) is 5.51. The van der Waals surface area contributed by atoms with Crippen molar-refractivity contribution < 1.29 is 22.7 Å². The summed E-state index contributed by atoms with van der Waals surface area (Å²) in [7, 11) is 0. The molecule has 1 heterocycles. The maximum atomic E-state index is 13.0. The number of halogens is 3. The Morgan fingerprint density at radius 1 is 0.969 bits per heavy atom. The Balaban J connectivity index is 1.60. The Hall–Kier alpha value is -2.70. The van der Waals surface area contributed by atoms with Crippen LogP contribution in [0.2, 0.25) is 0 Å². The lowest BCUT2D eigenvalue weighted by molar-refractivity contribution is -0.139. The molecule has 0 bridgehead atoms. The molecule has 1 atom stereocenters. The number of rotatable bonds is 5. The highest BCUT2D eigenvalue weighted by Gasteiger charge is 2.32. The Bertz CT molecular complexity index is 912. The highest BCUT2D eigenvalue weighted by atomic mass is 19.4. The summed E-state index contributed by atoms with van der Waals surface area (Å²) in [6.45, 7) is 10.2. The fourth-order valence-electron chi connectivity index (χ4n) is 3.77. The minimum absolute atomic E-state index is 0.0395. The molecule has 2 aromatic carbocycles. The third kappa shape index (κ3) is 5.75. The van der Waals surface area contributed by atoms with Crippen LogP contribution in [0.5, 0.6) is 5.75 Å². The molecular weight excluding hydrogens is 417 g/mol. The molecule has 0 N–H and O–H groups in total. The minimum atomic E-state index is -4.37. The van der Waals surface area contributed by atoms with Crippen LogP contribution in [0.1, 0.15) is 45.2 Å². The van der Waals surface area contributed by atoms with Gasteiger partial charge in [0.2, 0.25) is 0 Å². The van der Waals surface area contributed by atoms with Crippen molar-refractivity contribution in [1.29, 1.82) is 0 Å². The van der Waals surface area contributed by atoms with Crippen molar-refractivity contribution in [3.8, 4) is 5.75 Å². The first-order valence-corrected chi connectivity index (χ1v) is 11.0. The van der Waals surface area contributed by atoms with Crippen LogP contribution in [0.3, 0.4) is 0 Å². The first-order chi connectivity index (χ1) is 15.0. The number of benzene rings is 2. The Kier molecular flexibility index (Phi) is 7.06. The minimum Gasteiger partial charge on any atom is -0.481 e. The maximum Gasteiger partial charge on any atom is 0.416 e. The van der Waals surface area contributed by atoms with Crippen molar-refractivity contribution >= 4 is 11.6 Å². The van der Waals surface area contributed by atoms with Gasteiger partial charge in [-0.3, -0.25) is 4.79 Å². The van der Waals surface area contributed by atoms with E-state index in [1.165, 1.54) is 11.6 Å². The third-order valence-electron chi connectivity index (χ3n) is 5.77. The molecule has 1 saturated heterocycles. The number of hydrogen-bond acceptors (Lipinski definition) is 3. The SMILES string of the molecule is CCC(Oc1ccc(C(C)(C)C)cc1)C(=O)N1CCN(c2cccc(C(F)(F)F)c2)CC1. The van der Waals surface area contributed by atoms with Gasteiger partial charge in [0, 0.05) is 31.9 Å². The zero-order valence-corrected chi connectivity index (χ0v) is 19.1. The number of piperazine rings is 1. The summed E-state index contributed by atoms with van der Waals surface area (Å²) in [4.78, 5) is 16.6. The lowest BCUT2D eigenvalue weighted by atomic mass is 9.87. The van der Waals surface area contributed by atoms with Gasteiger partial charge >= 0.3 is 6.18 Å². The number of amides is 1. The van der Waals surface area contributed by atoms with Crippen molar-refractivity contribution in [2.45, 2.75) is 51.8 Å². The average molecular weight is 449 g/mol. The highest BCUT2D eigenvalue weighted by Crippen LogP contribution is 2.32. The summed E-state index contributed by atoms with van der Waals surface area (Å²) >= 11 is 0. The second-order valence-corrected chi connectivity index (χ2v) is 9.15. The fraction of sp³-hybridized carbons (Fsp3) is 0.480. The van der Waals surface area contributed by atoms with E-state index in [2.05, 4.69) is 20.8 Å². The second-order valence-electron chi connectivity index (χ2n) is 9.15. The van der Waals surface area contributed by atoms with E-state index >= 15 is 0 Å². The number of ether oxygens (including phenoxy) is 1. The van der Waals surface area contributed by atoms with E-state index in [9.17, 15) is 18.0 Å². The molecule has 174 valence electrons. The van der Waals surface area contributed by atoms with Gasteiger partial charge in [-0.2, -0.15) is 13.2 Å². The standard InChI is InChI=1S/C25H31F3N2O2/c1-5-22(32-21-11-9-18(10-12-21)24(2,3)4)23(31)30-15-13-29(14-16-30)20-8-6-7-19(17-20)25(26,27)28/h6-12,17,22H,5,13-16H2,1-4H3. The third-order valence-corrected chi connectivity index (χ3v) is 5.77. The van der Waals surface area contributed by atoms with Gasteiger partial charge in [-0.25, -0.2) is 0 Å². The van der Waals surface area contributed by atoms with Crippen LogP contribution in [-0.4, -0.2) is 43.1 Å².